The summed E-state index contributed by atoms with van der Waals surface area (Å²) < 4.78 is 51.3. The molecule has 0 radical (unpaired) electrons. The number of carboxylic acids is 1. The second-order valence-corrected chi connectivity index (χ2v) is 8.42. The Labute approximate surface area is 198 Å². The van der Waals surface area contributed by atoms with Gasteiger partial charge in [-0.1, -0.05) is 31.5 Å². The minimum Gasteiger partial charge on any atom is -0.493 e. The van der Waals surface area contributed by atoms with Crippen LogP contribution in [0.1, 0.15) is 25.8 Å². The Morgan fingerprint density at radius 2 is 1.94 bits per heavy atom. The molecular weight excluding hydrogens is 475 g/mol. The molecule has 34 heavy (non-hydrogen) atoms. The van der Waals surface area contributed by atoms with Gasteiger partial charge >= 0.3 is 12.1 Å². The van der Waals surface area contributed by atoms with Gasteiger partial charge in [0.25, 0.3) is 0 Å². The summed E-state index contributed by atoms with van der Waals surface area (Å²) in [6.07, 6.45) is -4.27. The van der Waals surface area contributed by atoms with Gasteiger partial charge in [0, 0.05) is 6.07 Å². The molecule has 0 saturated heterocycles. The highest BCUT2D eigenvalue weighted by Gasteiger charge is 2.32. The number of carboxylic acid groups (broad SMARTS) is 1. The van der Waals surface area contributed by atoms with E-state index in [0.29, 0.717) is 6.42 Å². The monoisotopic (exact) mass is 497 g/mol. The number of hydrogen-bond acceptors (Lipinski definition) is 5. The van der Waals surface area contributed by atoms with Crippen molar-refractivity contribution >= 4 is 28.5 Å². The molecule has 0 amide bonds. The largest absolute Gasteiger partial charge is 0.493 e. The van der Waals surface area contributed by atoms with E-state index in [-0.39, 0.29) is 52.1 Å². The average Bonchev–Trinajstić information content (AvgIpc) is 2.75. The van der Waals surface area contributed by atoms with Crippen LogP contribution in [0.5, 0.6) is 5.75 Å². The van der Waals surface area contributed by atoms with Crippen molar-refractivity contribution in [2.24, 2.45) is 5.92 Å². The van der Waals surface area contributed by atoms with E-state index in [1.165, 1.54) is 24.3 Å². The predicted molar refractivity (Wildman–Crippen MR) is 122 cm³/mol. The second kappa shape index (κ2) is 10.5. The van der Waals surface area contributed by atoms with E-state index in [9.17, 15) is 27.9 Å². The fraction of sp³-hybridized carbons (Fsp3) is 0.333. The first-order chi connectivity index (χ1) is 16.0. The molecule has 0 fully saturated rings. The zero-order valence-electron chi connectivity index (χ0n) is 18.4. The summed E-state index contributed by atoms with van der Waals surface area (Å²) in [6, 6.07) is 7.99. The Balaban J connectivity index is 1.88. The molecule has 1 heterocycles. The molecule has 0 aliphatic heterocycles. The van der Waals surface area contributed by atoms with Gasteiger partial charge in [0.1, 0.15) is 17.6 Å². The van der Waals surface area contributed by atoms with E-state index >= 15 is 0 Å². The molecule has 2 N–H and O–H groups in total. The van der Waals surface area contributed by atoms with E-state index in [1.54, 1.807) is 19.9 Å². The van der Waals surface area contributed by atoms with Crippen LogP contribution in [0.2, 0.25) is 5.02 Å². The van der Waals surface area contributed by atoms with Gasteiger partial charge in [0.15, 0.2) is 11.0 Å². The van der Waals surface area contributed by atoms with Crippen LogP contribution in [0.25, 0.3) is 22.3 Å². The molecule has 10 heteroatoms. The normalized spacial score (nSPS) is 12.8. The SMILES string of the molecule is CC(C)C(NCCCOc1cc(C(F)(F)F)ccc1-c1cc(=O)c2cccc(Cl)c2o1)C(=O)O. The molecule has 182 valence electrons. The number of carbonyl (C=O) groups is 1. The molecule has 3 aromatic rings. The standard InChI is InChI=1S/C24H23ClF3NO5/c1-13(2)21(23(31)32)29-9-4-10-33-19-11-14(24(26,27)28)7-8-16(19)20-12-18(30)15-5-3-6-17(25)22(15)34-20/h3,5-8,11-13,21,29H,4,9-10H2,1-2H3,(H,31,32). The minimum atomic E-state index is -4.60. The lowest BCUT2D eigenvalue weighted by atomic mass is 10.0. The van der Waals surface area contributed by atoms with Crippen LogP contribution in [-0.4, -0.2) is 30.3 Å². The summed E-state index contributed by atoms with van der Waals surface area (Å²) in [5.74, 6) is -1.24. The molecule has 1 unspecified atom stereocenters. The molecule has 0 bridgehead atoms. The van der Waals surface area contributed by atoms with Crippen LogP contribution in [0.3, 0.4) is 0 Å². The molecule has 2 aromatic carbocycles. The van der Waals surface area contributed by atoms with Crippen LogP contribution < -0.4 is 15.5 Å². The van der Waals surface area contributed by atoms with Gasteiger partial charge < -0.3 is 19.6 Å². The van der Waals surface area contributed by atoms with Crippen LogP contribution >= 0.6 is 11.6 Å². The number of nitrogens with one attached hydrogen (secondary N) is 1. The van der Waals surface area contributed by atoms with Crippen molar-refractivity contribution in [3.8, 4) is 17.1 Å². The summed E-state index contributed by atoms with van der Waals surface area (Å²) in [4.78, 5) is 23.8. The third kappa shape index (κ3) is 5.90. The number of hydrogen-bond donors (Lipinski definition) is 2. The maximum absolute atomic E-state index is 13.3. The third-order valence-corrected chi connectivity index (χ3v) is 5.45. The number of rotatable bonds is 9. The maximum atomic E-state index is 13.3. The van der Waals surface area contributed by atoms with Crippen molar-refractivity contribution in [3.63, 3.8) is 0 Å². The van der Waals surface area contributed by atoms with Crippen LogP contribution in [0, 0.1) is 5.92 Å². The maximum Gasteiger partial charge on any atom is 0.416 e. The molecule has 0 saturated carbocycles. The van der Waals surface area contributed by atoms with Crippen LogP contribution in [0.4, 0.5) is 13.2 Å². The lowest BCUT2D eigenvalue weighted by Crippen LogP contribution is -2.41. The zero-order chi connectivity index (χ0) is 25.0. The van der Waals surface area contributed by atoms with Gasteiger partial charge in [0.05, 0.1) is 28.1 Å². The van der Waals surface area contributed by atoms with Gasteiger partial charge in [-0.15, -0.1) is 0 Å². The summed E-state index contributed by atoms with van der Waals surface area (Å²) in [6.45, 7) is 3.82. The number of fused-ring (bicyclic) bond motifs is 1. The Morgan fingerprint density at radius 3 is 2.59 bits per heavy atom. The van der Waals surface area contributed by atoms with E-state index in [0.717, 1.165) is 12.1 Å². The van der Waals surface area contributed by atoms with Gasteiger partial charge in [-0.3, -0.25) is 9.59 Å². The van der Waals surface area contributed by atoms with Crippen molar-refractivity contribution in [3.05, 3.63) is 63.3 Å². The van der Waals surface area contributed by atoms with E-state index in [1.807, 2.05) is 0 Å². The van der Waals surface area contributed by atoms with Gasteiger partial charge in [-0.25, -0.2) is 0 Å². The summed E-state index contributed by atoms with van der Waals surface area (Å²) in [7, 11) is 0. The summed E-state index contributed by atoms with van der Waals surface area (Å²) in [5, 5.41) is 12.5. The number of alkyl halides is 3. The Bertz CT molecular complexity index is 1240. The fourth-order valence-electron chi connectivity index (χ4n) is 3.42. The average molecular weight is 498 g/mol. The van der Waals surface area contributed by atoms with Crippen molar-refractivity contribution < 1.29 is 32.2 Å². The molecule has 6 nitrogen and oxygen atoms in total. The molecule has 1 aromatic heterocycles. The van der Waals surface area contributed by atoms with Crippen molar-refractivity contribution in [1.82, 2.24) is 5.32 Å². The van der Waals surface area contributed by atoms with Gasteiger partial charge in [-0.05, 0) is 49.2 Å². The summed E-state index contributed by atoms with van der Waals surface area (Å²) in [5.41, 5.74) is -1.04. The quantitative estimate of drug-likeness (QED) is 0.374. The molecular formula is C24H23ClF3NO5. The van der Waals surface area contributed by atoms with E-state index in [2.05, 4.69) is 5.32 Å². The predicted octanol–water partition coefficient (Wildman–Crippen LogP) is 5.60. The third-order valence-electron chi connectivity index (χ3n) is 5.16. The van der Waals surface area contributed by atoms with Crippen molar-refractivity contribution in [2.75, 3.05) is 13.2 Å². The lowest BCUT2D eigenvalue weighted by Gasteiger charge is -2.18. The highest BCUT2D eigenvalue weighted by atomic mass is 35.5. The smallest absolute Gasteiger partial charge is 0.416 e. The van der Waals surface area contributed by atoms with Gasteiger partial charge in [-0.2, -0.15) is 13.2 Å². The highest BCUT2D eigenvalue weighted by molar-refractivity contribution is 6.34. The van der Waals surface area contributed by atoms with E-state index < -0.39 is 29.2 Å². The fourth-order valence-corrected chi connectivity index (χ4v) is 3.63. The van der Waals surface area contributed by atoms with Gasteiger partial charge in [0.2, 0.25) is 0 Å². The number of para-hydroxylation sites is 1. The topological polar surface area (TPSA) is 88.8 Å². The molecule has 0 aliphatic carbocycles. The van der Waals surface area contributed by atoms with Crippen LogP contribution in [0.15, 0.2) is 51.7 Å². The summed E-state index contributed by atoms with van der Waals surface area (Å²) >= 11 is 6.14. The van der Waals surface area contributed by atoms with E-state index in [4.69, 9.17) is 20.8 Å². The van der Waals surface area contributed by atoms with Crippen molar-refractivity contribution in [1.29, 1.82) is 0 Å². The lowest BCUT2D eigenvalue weighted by molar-refractivity contribution is -0.140. The second-order valence-electron chi connectivity index (χ2n) is 8.02. The first-order valence-corrected chi connectivity index (χ1v) is 10.9. The molecule has 0 aliphatic rings. The Kier molecular flexibility index (Phi) is 7.89. The Hall–Kier alpha value is -3.04. The minimum absolute atomic E-state index is 0.00428. The number of ether oxygens (including phenoxy) is 1. The Morgan fingerprint density at radius 1 is 1.21 bits per heavy atom. The highest BCUT2D eigenvalue weighted by Crippen LogP contribution is 2.38. The molecule has 3 rings (SSSR count). The number of benzene rings is 2. The first-order valence-electron chi connectivity index (χ1n) is 10.5. The first kappa shape index (κ1) is 25.6. The molecule has 1 atom stereocenters. The van der Waals surface area contributed by atoms with Crippen molar-refractivity contribution in [2.45, 2.75) is 32.5 Å². The number of aliphatic carboxylic acids is 1. The molecule has 0 spiro atoms. The van der Waals surface area contributed by atoms with Crippen LogP contribution in [-0.2, 0) is 11.0 Å². The number of halogens is 4. The zero-order valence-corrected chi connectivity index (χ0v) is 19.2.